The summed E-state index contributed by atoms with van der Waals surface area (Å²) in [7, 11) is 0. The topological polar surface area (TPSA) is 4.93 Å². The van der Waals surface area contributed by atoms with E-state index in [9.17, 15) is 0 Å². The van der Waals surface area contributed by atoms with Gasteiger partial charge in [-0.05, 0) is 25.5 Å². The highest BCUT2D eigenvalue weighted by atomic mass is 14.9. The molecule has 0 fully saturated rings. The normalized spacial score (nSPS) is 10.1. The van der Waals surface area contributed by atoms with Crippen molar-refractivity contribution >= 4 is 13.2 Å². The molecule has 12 heavy (non-hydrogen) atoms. The zero-order valence-electron chi connectivity index (χ0n) is 7.64. The molecule has 0 aliphatic heterocycles. The molecule has 0 unspecified atom stereocenters. The predicted octanol–water partition coefficient (Wildman–Crippen LogP) is 1.27. The van der Waals surface area contributed by atoms with Crippen LogP contribution in [0.25, 0.3) is 13.2 Å². The van der Waals surface area contributed by atoms with Crippen LogP contribution in [0, 0.1) is 0 Å². The van der Waals surface area contributed by atoms with Gasteiger partial charge in [0.05, 0.1) is 0 Å². The maximum atomic E-state index is 3.91. The van der Waals surface area contributed by atoms with Crippen molar-refractivity contribution in [2.75, 3.05) is 0 Å². The Morgan fingerprint density at radius 3 is 2.25 bits per heavy atom. The lowest BCUT2D eigenvalue weighted by atomic mass is 10.2. The number of aromatic nitrogens is 1. The number of nitrogens with zero attached hydrogens (tertiary/aromatic N) is 1. The van der Waals surface area contributed by atoms with Gasteiger partial charge in [-0.3, -0.25) is 0 Å². The first-order valence-electron chi connectivity index (χ1n) is 4.09. The van der Waals surface area contributed by atoms with Crippen molar-refractivity contribution in [2.45, 2.75) is 19.9 Å². The van der Waals surface area contributed by atoms with Gasteiger partial charge in [0.2, 0.25) is 0 Å². The van der Waals surface area contributed by atoms with Crippen molar-refractivity contribution in [3.8, 4) is 0 Å². The molecular formula is C11H15N. The summed E-state index contributed by atoms with van der Waals surface area (Å²) in [5.74, 6) is 0. The van der Waals surface area contributed by atoms with Gasteiger partial charge in [-0.2, -0.15) is 0 Å². The van der Waals surface area contributed by atoms with Crippen LogP contribution in [0.15, 0.2) is 24.3 Å². The molecule has 1 aromatic heterocycles. The van der Waals surface area contributed by atoms with E-state index in [2.05, 4.69) is 24.3 Å². The molecule has 0 aromatic carbocycles. The van der Waals surface area contributed by atoms with E-state index in [1.807, 2.05) is 19.1 Å². The third kappa shape index (κ3) is 1.88. The van der Waals surface area contributed by atoms with Gasteiger partial charge in [-0.25, -0.2) is 0 Å². The molecule has 0 atom stereocenters. The third-order valence-electron chi connectivity index (χ3n) is 1.92. The average molecular weight is 161 g/mol. The fourth-order valence-electron chi connectivity index (χ4n) is 1.15. The number of allylic oxidation sites excluding steroid dienone is 1. The van der Waals surface area contributed by atoms with E-state index in [4.69, 9.17) is 0 Å². The van der Waals surface area contributed by atoms with E-state index in [0.29, 0.717) is 0 Å². The van der Waals surface area contributed by atoms with Gasteiger partial charge < -0.3 is 4.57 Å². The highest BCUT2D eigenvalue weighted by molar-refractivity contribution is 5.09. The van der Waals surface area contributed by atoms with Crippen LogP contribution in [0.4, 0.5) is 0 Å². The van der Waals surface area contributed by atoms with E-state index in [-0.39, 0.29) is 0 Å². The van der Waals surface area contributed by atoms with Gasteiger partial charge in [0, 0.05) is 17.2 Å². The minimum absolute atomic E-state index is 0.944. The molecule has 0 saturated heterocycles. The highest BCUT2D eigenvalue weighted by Gasteiger charge is 1.93. The minimum atomic E-state index is 0.944. The molecule has 1 rings (SSSR count). The maximum Gasteiger partial charge on any atom is 0.0338 e. The van der Waals surface area contributed by atoms with Gasteiger partial charge in [0.1, 0.15) is 0 Å². The smallest absolute Gasteiger partial charge is 0.0338 e. The fraction of sp³-hybridized carbons (Fsp3) is 0.273. The van der Waals surface area contributed by atoms with Crippen LogP contribution in [0.5, 0.6) is 0 Å². The molecular weight excluding hydrogens is 146 g/mol. The Kier molecular flexibility index (Phi) is 2.54. The molecule has 0 spiro atoms. The lowest BCUT2D eigenvalue weighted by Crippen LogP contribution is -2.24. The molecule has 64 valence electrons. The average Bonchev–Trinajstić information content (AvgIpc) is 2.28. The molecule has 0 aliphatic rings. The van der Waals surface area contributed by atoms with Crippen LogP contribution in [0.3, 0.4) is 0 Å². The van der Waals surface area contributed by atoms with Crippen molar-refractivity contribution in [1.29, 1.82) is 0 Å². The number of hydrogen-bond donors (Lipinski definition) is 0. The Balaban J connectivity index is 2.82. The van der Waals surface area contributed by atoms with Crippen LogP contribution in [0.2, 0.25) is 0 Å². The summed E-state index contributed by atoms with van der Waals surface area (Å²) in [6.07, 6.45) is 1.000. The van der Waals surface area contributed by atoms with E-state index >= 15 is 0 Å². The lowest BCUT2D eigenvalue weighted by Gasteiger charge is -2.03. The number of hydrogen-bond acceptors (Lipinski definition) is 0. The molecule has 0 aliphatic carbocycles. The van der Waals surface area contributed by atoms with Crippen molar-refractivity contribution in [3.63, 3.8) is 0 Å². The van der Waals surface area contributed by atoms with E-state index in [0.717, 1.165) is 23.7 Å². The van der Waals surface area contributed by atoms with Crippen molar-refractivity contribution < 1.29 is 0 Å². The Bertz CT molecular complexity index is 343. The molecule has 0 N–H and O–H groups in total. The first-order chi connectivity index (χ1) is 5.61. The van der Waals surface area contributed by atoms with Gasteiger partial charge in [-0.15, -0.1) is 6.58 Å². The lowest BCUT2D eigenvalue weighted by molar-refractivity contribution is 0.666. The van der Waals surface area contributed by atoms with Gasteiger partial charge in [-0.1, -0.05) is 18.7 Å². The number of rotatable bonds is 3. The Hall–Kier alpha value is -1.24. The van der Waals surface area contributed by atoms with Crippen molar-refractivity contribution in [3.05, 3.63) is 35.0 Å². The Morgan fingerprint density at radius 2 is 1.83 bits per heavy atom. The van der Waals surface area contributed by atoms with Gasteiger partial charge >= 0.3 is 0 Å². The van der Waals surface area contributed by atoms with Crippen LogP contribution < -0.4 is 10.7 Å². The second-order valence-electron chi connectivity index (χ2n) is 3.17. The van der Waals surface area contributed by atoms with Gasteiger partial charge in [0.15, 0.2) is 0 Å². The molecule has 1 heterocycles. The van der Waals surface area contributed by atoms with Crippen LogP contribution in [-0.2, 0) is 6.54 Å². The summed E-state index contributed by atoms with van der Waals surface area (Å²) in [5.41, 5.74) is 1.20. The van der Waals surface area contributed by atoms with Gasteiger partial charge in [0.25, 0.3) is 0 Å². The third-order valence-corrected chi connectivity index (χ3v) is 1.92. The highest BCUT2D eigenvalue weighted by Crippen LogP contribution is 1.95. The summed E-state index contributed by atoms with van der Waals surface area (Å²) in [6, 6.07) is 3.97. The van der Waals surface area contributed by atoms with Crippen molar-refractivity contribution in [1.82, 2.24) is 4.57 Å². The SMILES string of the molecule is C=C(C)CCn1c(=C)ccc1=C. The monoisotopic (exact) mass is 161 g/mol. The van der Waals surface area contributed by atoms with E-state index in [1.54, 1.807) is 0 Å². The van der Waals surface area contributed by atoms with Crippen LogP contribution in [-0.4, -0.2) is 4.57 Å². The molecule has 0 amide bonds. The molecule has 1 aromatic rings. The largest absolute Gasteiger partial charge is 0.342 e. The predicted molar refractivity (Wildman–Crippen MR) is 54.2 cm³/mol. The first kappa shape index (κ1) is 8.85. The molecule has 0 radical (unpaired) electrons. The summed E-state index contributed by atoms with van der Waals surface area (Å²) >= 11 is 0. The summed E-state index contributed by atoms with van der Waals surface area (Å²) in [5, 5.41) is 2.06. The summed E-state index contributed by atoms with van der Waals surface area (Å²) in [6.45, 7) is 14.7. The summed E-state index contributed by atoms with van der Waals surface area (Å²) < 4.78 is 2.11. The Labute approximate surface area is 73.3 Å². The van der Waals surface area contributed by atoms with Crippen LogP contribution >= 0.6 is 0 Å². The Morgan fingerprint density at radius 1 is 1.33 bits per heavy atom. The molecule has 1 heteroatoms. The second-order valence-corrected chi connectivity index (χ2v) is 3.17. The standard InChI is InChI=1S/C11H15N/c1-9(2)7-8-12-10(3)5-6-11(12)4/h5-6H,1,3-4,7-8H2,2H3. The molecule has 0 bridgehead atoms. The summed E-state index contributed by atoms with van der Waals surface area (Å²) in [4.78, 5) is 0. The quantitative estimate of drug-likeness (QED) is 0.588. The van der Waals surface area contributed by atoms with E-state index < -0.39 is 0 Å². The fourth-order valence-corrected chi connectivity index (χ4v) is 1.15. The van der Waals surface area contributed by atoms with Crippen LogP contribution in [0.1, 0.15) is 13.3 Å². The molecule has 0 saturated carbocycles. The maximum absolute atomic E-state index is 3.91. The first-order valence-corrected chi connectivity index (χ1v) is 4.09. The zero-order valence-corrected chi connectivity index (χ0v) is 7.64. The van der Waals surface area contributed by atoms with E-state index in [1.165, 1.54) is 5.57 Å². The minimum Gasteiger partial charge on any atom is -0.342 e. The second kappa shape index (κ2) is 3.44. The van der Waals surface area contributed by atoms with Crippen molar-refractivity contribution in [2.24, 2.45) is 0 Å². The molecule has 1 nitrogen and oxygen atoms in total. The zero-order chi connectivity index (χ0) is 9.14.